The van der Waals surface area contributed by atoms with Crippen LogP contribution in [0.4, 0.5) is 11.4 Å². The molecule has 0 aliphatic carbocycles. The topological polar surface area (TPSA) is 143 Å². The Balaban J connectivity index is 1.64. The Morgan fingerprint density at radius 3 is 2.39 bits per heavy atom. The molecule has 164 valence electrons. The molecule has 0 saturated carbocycles. The highest BCUT2D eigenvalue weighted by Gasteiger charge is 2.22. The molecule has 1 heterocycles. The monoisotopic (exact) mass is 464 g/mol. The van der Waals surface area contributed by atoms with Gasteiger partial charge in [-0.2, -0.15) is 0 Å². The number of hydrogen-bond acceptors (Lipinski definition) is 9. The van der Waals surface area contributed by atoms with E-state index in [-0.39, 0.29) is 21.8 Å². The summed E-state index contributed by atoms with van der Waals surface area (Å²) in [6.45, 7) is 0. The highest BCUT2D eigenvalue weighted by atomic mass is 32.2. The summed E-state index contributed by atoms with van der Waals surface area (Å²) in [6, 6.07) is 17.0. The number of nitro benzene ring substituents is 2. The number of rotatable bonds is 6. The summed E-state index contributed by atoms with van der Waals surface area (Å²) in [5.41, 5.74) is -1.04. The minimum absolute atomic E-state index is 0.123. The standard InChI is InChI=1S/C22H12N2O8S/c25-21-10-6-13-5-8-15(12-18(13)32-21)31-22(26)16-3-1-2-4-19(16)33-20-9-7-14(23(27)28)11-17(20)24(29)30/h1-12H. The maximum absolute atomic E-state index is 12.8. The van der Waals surface area contributed by atoms with Crippen molar-refractivity contribution in [3.8, 4) is 5.75 Å². The predicted molar refractivity (Wildman–Crippen MR) is 118 cm³/mol. The fourth-order valence-electron chi connectivity index (χ4n) is 2.96. The Bertz CT molecular complexity index is 1480. The van der Waals surface area contributed by atoms with Crippen molar-refractivity contribution in [1.82, 2.24) is 0 Å². The summed E-state index contributed by atoms with van der Waals surface area (Å²) < 4.78 is 10.5. The van der Waals surface area contributed by atoms with Gasteiger partial charge in [-0.05, 0) is 36.4 Å². The molecule has 1 aromatic heterocycles. The number of nitro groups is 2. The van der Waals surface area contributed by atoms with E-state index < -0.39 is 32.8 Å². The lowest BCUT2D eigenvalue weighted by Crippen LogP contribution is -2.10. The summed E-state index contributed by atoms with van der Waals surface area (Å²) in [5, 5.41) is 23.0. The second kappa shape index (κ2) is 8.93. The van der Waals surface area contributed by atoms with Crippen molar-refractivity contribution in [2.24, 2.45) is 0 Å². The molecule has 0 amide bonds. The Morgan fingerprint density at radius 2 is 1.64 bits per heavy atom. The molecule has 4 aromatic rings. The zero-order valence-electron chi connectivity index (χ0n) is 16.5. The van der Waals surface area contributed by atoms with E-state index >= 15 is 0 Å². The minimum atomic E-state index is -0.736. The van der Waals surface area contributed by atoms with Gasteiger partial charge in [0.1, 0.15) is 11.3 Å². The van der Waals surface area contributed by atoms with E-state index in [9.17, 15) is 29.8 Å². The Morgan fingerprint density at radius 1 is 0.879 bits per heavy atom. The summed E-state index contributed by atoms with van der Waals surface area (Å²) in [5.74, 6) is -0.594. The van der Waals surface area contributed by atoms with E-state index in [0.717, 1.165) is 23.9 Å². The number of fused-ring (bicyclic) bond motifs is 1. The number of esters is 1. The first kappa shape index (κ1) is 21.7. The van der Waals surface area contributed by atoms with E-state index in [1.807, 2.05) is 0 Å². The molecule has 0 atom stereocenters. The molecule has 0 aliphatic rings. The highest BCUT2D eigenvalue weighted by Crippen LogP contribution is 2.38. The quantitative estimate of drug-likeness (QED) is 0.127. The van der Waals surface area contributed by atoms with Gasteiger partial charge in [-0.15, -0.1) is 0 Å². The van der Waals surface area contributed by atoms with Gasteiger partial charge in [-0.3, -0.25) is 20.2 Å². The van der Waals surface area contributed by atoms with Crippen molar-refractivity contribution in [2.45, 2.75) is 9.79 Å². The average Bonchev–Trinajstić information content (AvgIpc) is 2.79. The van der Waals surface area contributed by atoms with Crippen molar-refractivity contribution in [3.63, 3.8) is 0 Å². The van der Waals surface area contributed by atoms with Crippen LogP contribution in [0.2, 0.25) is 0 Å². The van der Waals surface area contributed by atoms with Gasteiger partial charge in [0.25, 0.3) is 11.4 Å². The molecule has 11 heteroatoms. The first-order chi connectivity index (χ1) is 15.8. The van der Waals surface area contributed by atoms with E-state index in [1.54, 1.807) is 30.3 Å². The molecule has 0 aliphatic heterocycles. The highest BCUT2D eigenvalue weighted by molar-refractivity contribution is 7.99. The molecular formula is C22H12N2O8S. The average molecular weight is 464 g/mol. The molecule has 10 nitrogen and oxygen atoms in total. The largest absolute Gasteiger partial charge is 0.423 e. The molecule has 0 spiro atoms. The lowest BCUT2D eigenvalue weighted by atomic mass is 10.2. The van der Waals surface area contributed by atoms with Crippen molar-refractivity contribution >= 4 is 40.1 Å². The summed E-state index contributed by atoms with van der Waals surface area (Å²) in [6.07, 6.45) is 0. The Labute approximate surface area is 188 Å². The van der Waals surface area contributed by atoms with E-state index in [1.165, 1.54) is 30.3 Å². The van der Waals surface area contributed by atoms with Crippen LogP contribution in [0, 0.1) is 20.2 Å². The zero-order chi connectivity index (χ0) is 23.5. The zero-order valence-corrected chi connectivity index (χ0v) is 17.3. The van der Waals surface area contributed by atoms with Gasteiger partial charge in [0, 0.05) is 28.5 Å². The van der Waals surface area contributed by atoms with Gasteiger partial charge in [-0.25, -0.2) is 9.59 Å². The van der Waals surface area contributed by atoms with E-state index in [0.29, 0.717) is 10.3 Å². The van der Waals surface area contributed by atoms with Crippen molar-refractivity contribution < 1.29 is 23.8 Å². The molecule has 0 bridgehead atoms. The third kappa shape index (κ3) is 4.72. The van der Waals surface area contributed by atoms with Gasteiger partial charge >= 0.3 is 11.6 Å². The van der Waals surface area contributed by atoms with Crippen molar-refractivity contribution in [1.29, 1.82) is 0 Å². The number of nitrogens with zero attached hydrogens (tertiary/aromatic N) is 2. The molecule has 33 heavy (non-hydrogen) atoms. The Kier molecular flexibility index (Phi) is 5.87. The third-order valence-corrected chi connectivity index (χ3v) is 5.62. The number of non-ortho nitro benzene ring substituents is 1. The molecule has 0 N–H and O–H groups in total. The maximum atomic E-state index is 12.8. The molecular weight excluding hydrogens is 452 g/mol. The maximum Gasteiger partial charge on any atom is 0.344 e. The van der Waals surface area contributed by atoms with Crippen LogP contribution in [0.3, 0.4) is 0 Å². The van der Waals surface area contributed by atoms with Crippen molar-refractivity contribution in [2.75, 3.05) is 0 Å². The summed E-state index contributed by atoms with van der Waals surface area (Å²) in [7, 11) is 0. The minimum Gasteiger partial charge on any atom is -0.423 e. The molecule has 0 fully saturated rings. The van der Waals surface area contributed by atoms with Crippen LogP contribution in [0.5, 0.6) is 5.75 Å². The van der Waals surface area contributed by atoms with Crippen molar-refractivity contribution in [3.05, 3.63) is 109 Å². The molecule has 0 unspecified atom stereocenters. The van der Waals surface area contributed by atoms with Crippen LogP contribution >= 0.6 is 11.8 Å². The molecule has 0 radical (unpaired) electrons. The van der Waals surface area contributed by atoms with Crippen LogP contribution in [-0.4, -0.2) is 15.8 Å². The van der Waals surface area contributed by atoms with E-state index in [4.69, 9.17) is 9.15 Å². The predicted octanol–water partition coefficient (Wildman–Crippen LogP) is 4.98. The molecule has 3 aromatic carbocycles. The van der Waals surface area contributed by atoms with Gasteiger partial charge in [-0.1, -0.05) is 23.9 Å². The molecule has 0 saturated heterocycles. The normalized spacial score (nSPS) is 10.7. The van der Waals surface area contributed by atoms with Gasteiger partial charge < -0.3 is 9.15 Å². The Hall–Kier alpha value is -4.51. The second-order valence-corrected chi connectivity index (χ2v) is 7.69. The molecule has 4 rings (SSSR count). The number of hydrogen-bond donors (Lipinski definition) is 0. The smallest absolute Gasteiger partial charge is 0.344 e. The lowest BCUT2D eigenvalue weighted by molar-refractivity contribution is -0.396. The third-order valence-electron chi connectivity index (χ3n) is 4.48. The first-order valence-electron chi connectivity index (χ1n) is 9.27. The summed E-state index contributed by atoms with van der Waals surface area (Å²) in [4.78, 5) is 45.7. The fraction of sp³-hybridized carbons (Fsp3) is 0. The van der Waals surface area contributed by atoms with Crippen LogP contribution < -0.4 is 10.4 Å². The number of ether oxygens (including phenoxy) is 1. The number of carbonyl (C=O) groups is 1. The van der Waals surface area contributed by atoms with Crippen LogP contribution in [0.1, 0.15) is 10.4 Å². The fourth-order valence-corrected chi connectivity index (χ4v) is 3.98. The second-order valence-electron chi connectivity index (χ2n) is 6.61. The van der Waals surface area contributed by atoms with Gasteiger partial charge in [0.05, 0.1) is 26.4 Å². The lowest BCUT2D eigenvalue weighted by Gasteiger charge is -2.10. The first-order valence-corrected chi connectivity index (χ1v) is 10.1. The van der Waals surface area contributed by atoms with E-state index in [2.05, 4.69) is 0 Å². The van der Waals surface area contributed by atoms with Crippen LogP contribution in [0.25, 0.3) is 11.0 Å². The van der Waals surface area contributed by atoms with Crippen LogP contribution in [0.15, 0.2) is 91.8 Å². The number of carbonyl (C=O) groups excluding carboxylic acids is 1. The van der Waals surface area contributed by atoms with Gasteiger partial charge in [0.15, 0.2) is 0 Å². The summed E-state index contributed by atoms with van der Waals surface area (Å²) >= 11 is 0.908. The van der Waals surface area contributed by atoms with Gasteiger partial charge in [0.2, 0.25) is 0 Å². The van der Waals surface area contributed by atoms with Crippen LogP contribution in [-0.2, 0) is 0 Å². The SMILES string of the molecule is O=C(Oc1ccc2ccc(=O)oc2c1)c1ccccc1Sc1ccc([N+](=O)[O-])cc1[N+](=O)[O-]. The number of benzene rings is 3.